The maximum atomic E-state index is 11.6. The molecule has 12 heteroatoms. The van der Waals surface area contributed by atoms with Crippen molar-refractivity contribution < 1.29 is 33.7 Å². The van der Waals surface area contributed by atoms with E-state index in [2.05, 4.69) is 10.3 Å². The third kappa shape index (κ3) is 5.87. The lowest BCUT2D eigenvalue weighted by molar-refractivity contribution is 0.0696. The molecule has 5 rings (SSSR count). The summed E-state index contributed by atoms with van der Waals surface area (Å²) in [4.78, 5) is 29.7. The van der Waals surface area contributed by atoms with Gasteiger partial charge in [-0.15, -0.1) is 0 Å². The molecule has 0 amide bonds. The molecule has 2 unspecified atom stereocenters. The largest absolute Gasteiger partial charge is 0.490 e. The summed E-state index contributed by atoms with van der Waals surface area (Å²) in [5.74, 6) is -1.23. The van der Waals surface area contributed by atoms with Gasteiger partial charge in [-0.05, 0) is 72.9 Å². The lowest BCUT2D eigenvalue weighted by atomic mass is 10.0. The quantitative estimate of drug-likeness (QED) is 0.157. The topological polar surface area (TPSA) is 134 Å². The van der Waals surface area contributed by atoms with Crippen molar-refractivity contribution in [1.82, 2.24) is 10.3 Å². The minimum Gasteiger partial charge on any atom is -0.490 e. The van der Waals surface area contributed by atoms with Gasteiger partial charge in [0, 0.05) is 24.6 Å². The SMILES string of the molecule is COCCOc1ccc(N2C(=S)NC(c3ccccn3)C2c2ccc(-c3cc(C(=O)O)cc(C(=O)O)c3)o2)cc1Cl. The standard InChI is InChI=1S/C29H24ClN3O7S/c1-38-10-11-39-23-6-5-19(15-20(23)30)33-26(25(32-29(33)41)21-4-2-3-9-31-21)24-8-7-22(40-24)16-12-17(27(34)35)14-18(13-16)28(36)37/h2-9,12-15,25-26H,10-11H2,1H3,(H,32,41)(H,34,35)(H,36,37). The van der Waals surface area contributed by atoms with Crippen molar-refractivity contribution in [1.29, 1.82) is 0 Å². The Hall–Kier alpha value is -4.45. The third-order valence-corrected chi connectivity index (χ3v) is 7.08. The predicted molar refractivity (Wildman–Crippen MR) is 155 cm³/mol. The molecule has 1 aliphatic heterocycles. The molecule has 0 saturated carbocycles. The van der Waals surface area contributed by atoms with Crippen LogP contribution in [0.5, 0.6) is 5.75 Å². The van der Waals surface area contributed by atoms with E-state index in [0.29, 0.717) is 57.6 Å². The minimum atomic E-state index is -1.25. The Morgan fingerprint density at radius 3 is 2.44 bits per heavy atom. The second kappa shape index (κ2) is 12.0. The van der Waals surface area contributed by atoms with E-state index in [1.807, 2.05) is 29.2 Å². The number of carboxylic acids is 2. The molecule has 2 aromatic heterocycles. The molecule has 0 radical (unpaired) electrons. The molecule has 1 saturated heterocycles. The normalized spacial score (nSPS) is 16.4. The summed E-state index contributed by atoms with van der Waals surface area (Å²) < 4.78 is 17.0. The number of anilines is 1. The number of aromatic carboxylic acids is 2. The van der Waals surface area contributed by atoms with E-state index in [1.165, 1.54) is 12.1 Å². The third-order valence-electron chi connectivity index (χ3n) is 6.47. The first kappa shape index (κ1) is 28.1. The summed E-state index contributed by atoms with van der Waals surface area (Å²) in [7, 11) is 1.58. The first-order valence-corrected chi connectivity index (χ1v) is 13.2. The van der Waals surface area contributed by atoms with Gasteiger partial charge in [-0.2, -0.15) is 0 Å². The number of halogens is 1. The van der Waals surface area contributed by atoms with E-state index in [9.17, 15) is 19.8 Å². The van der Waals surface area contributed by atoms with E-state index >= 15 is 0 Å². The molecule has 0 bridgehead atoms. The molecule has 41 heavy (non-hydrogen) atoms. The van der Waals surface area contributed by atoms with Gasteiger partial charge in [-0.3, -0.25) is 4.98 Å². The molecule has 4 aromatic rings. The van der Waals surface area contributed by atoms with Crippen molar-refractivity contribution in [3.8, 4) is 17.1 Å². The fourth-order valence-electron chi connectivity index (χ4n) is 4.60. The van der Waals surface area contributed by atoms with Crippen molar-refractivity contribution >= 4 is 46.6 Å². The van der Waals surface area contributed by atoms with Crippen LogP contribution < -0.4 is 15.0 Å². The van der Waals surface area contributed by atoms with Gasteiger partial charge in [0.2, 0.25) is 0 Å². The zero-order chi connectivity index (χ0) is 29.1. The minimum absolute atomic E-state index is 0.169. The number of ether oxygens (including phenoxy) is 2. The smallest absolute Gasteiger partial charge is 0.335 e. The number of aromatic nitrogens is 1. The first-order chi connectivity index (χ1) is 19.8. The zero-order valence-electron chi connectivity index (χ0n) is 21.6. The molecule has 2 atom stereocenters. The number of nitrogens with zero attached hydrogens (tertiary/aromatic N) is 2. The molecular formula is C29H24ClN3O7S. The average molecular weight is 594 g/mol. The molecule has 0 aliphatic carbocycles. The highest BCUT2D eigenvalue weighted by Gasteiger charge is 2.42. The summed E-state index contributed by atoms with van der Waals surface area (Å²) in [6.45, 7) is 0.752. The van der Waals surface area contributed by atoms with Crippen LogP contribution in [0.15, 0.2) is 77.3 Å². The van der Waals surface area contributed by atoms with Gasteiger partial charge in [0.1, 0.15) is 29.9 Å². The van der Waals surface area contributed by atoms with Crippen molar-refractivity contribution in [2.24, 2.45) is 0 Å². The second-order valence-corrected chi connectivity index (χ2v) is 9.86. The number of hydrogen-bond acceptors (Lipinski definition) is 7. The Labute approximate surface area is 245 Å². The fourth-order valence-corrected chi connectivity index (χ4v) is 5.17. The summed E-state index contributed by atoms with van der Waals surface area (Å²) in [5.41, 5.74) is 1.36. The molecule has 10 nitrogen and oxygen atoms in total. The molecule has 2 aromatic carbocycles. The maximum absolute atomic E-state index is 11.6. The Kier molecular flexibility index (Phi) is 8.20. The second-order valence-electron chi connectivity index (χ2n) is 9.06. The van der Waals surface area contributed by atoms with Crippen LogP contribution >= 0.6 is 23.8 Å². The van der Waals surface area contributed by atoms with Crippen LogP contribution in [0, 0.1) is 0 Å². The highest BCUT2D eigenvalue weighted by Crippen LogP contribution is 2.44. The van der Waals surface area contributed by atoms with Gasteiger partial charge in [-0.25, -0.2) is 9.59 Å². The highest BCUT2D eigenvalue weighted by molar-refractivity contribution is 7.80. The van der Waals surface area contributed by atoms with E-state index in [4.69, 9.17) is 37.7 Å². The molecule has 3 heterocycles. The van der Waals surface area contributed by atoms with Crippen molar-refractivity contribution in [2.45, 2.75) is 12.1 Å². The number of nitrogens with one attached hydrogen (secondary N) is 1. The van der Waals surface area contributed by atoms with Crippen LogP contribution in [0.4, 0.5) is 5.69 Å². The molecule has 3 N–H and O–H groups in total. The van der Waals surface area contributed by atoms with Crippen LogP contribution in [-0.4, -0.2) is 52.6 Å². The monoisotopic (exact) mass is 593 g/mol. The van der Waals surface area contributed by atoms with Gasteiger partial charge < -0.3 is 34.3 Å². The Bertz CT molecular complexity index is 1580. The van der Waals surface area contributed by atoms with Gasteiger partial charge in [0.15, 0.2) is 5.11 Å². The molecule has 210 valence electrons. The van der Waals surface area contributed by atoms with Gasteiger partial charge in [0.05, 0.1) is 34.5 Å². The number of thiocarbonyl (C=S) groups is 1. The summed E-state index contributed by atoms with van der Waals surface area (Å²) in [6.07, 6.45) is 1.68. The summed E-state index contributed by atoms with van der Waals surface area (Å²) in [5, 5.41) is 23.1. The van der Waals surface area contributed by atoms with Crippen molar-refractivity contribution in [2.75, 3.05) is 25.2 Å². The number of rotatable bonds is 10. The van der Waals surface area contributed by atoms with E-state index in [1.54, 1.807) is 37.6 Å². The lowest BCUT2D eigenvalue weighted by Gasteiger charge is -2.26. The van der Waals surface area contributed by atoms with E-state index in [-0.39, 0.29) is 11.1 Å². The van der Waals surface area contributed by atoms with Crippen molar-refractivity contribution in [3.05, 3.63) is 101 Å². The van der Waals surface area contributed by atoms with Crippen LogP contribution in [0.2, 0.25) is 5.02 Å². The number of carboxylic acid groups (broad SMARTS) is 2. The summed E-state index contributed by atoms with van der Waals surface area (Å²) >= 11 is 12.3. The Balaban J connectivity index is 1.56. The number of carbonyl (C=O) groups is 2. The average Bonchev–Trinajstić information content (AvgIpc) is 3.59. The zero-order valence-corrected chi connectivity index (χ0v) is 23.2. The summed E-state index contributed by atoms with van der Waals surface area (Å²) in [6, 6.07) is 17.2. The van der Waals surface area contributed by atoms with Crippen molar-refractivity contribution in [3.63, 3.8) is 0 Å². The molecule has 0 spiro atoms. The van der Waals surface area contributed by atoms with Crippen LogP contribution in [-0.2, 0) is 4.74 Å². The number of pyridine rings is 1. The van der Waals surface area contributed by atoms with Gasteiger partial charge in [0.25, 0.3) is 0 Å². The number of furan rings is 1. The Morgan fingerprint density at radius 2 is 1.80 bits per heavy atom. The maximum Gasteiger partial charge on any atom is 0.335 e. The molecule has 1 aliphatic rings. The molecular weight excluding hydrogens is 570 g/mol. The predicted octanol–water partition coefficient (Wildman–Crippen LogP) is 5.59. The number of methoxy groups -OCH3 is 1. The molecule has 1 fully saturated rings. The number of benzene rings is 2. The van der Waals surface area contributed by atoms with E-state index in [0.717, 1.165) is 6.07 Å². The lowest BCUT2D eigenvalue weighted by Crippen LogP contribution is -2.29. The van der Waals surface area contributed by atoms with Gasteiger partial charge in [-0.1, -0.05) is 17.7 Å². The van der Waals surface area contributed by atoms with Crippen LogP contribution in [0.25, 0.3) is 11.3 Å². The van der Waals surface area contributed by atoms with Gasteiger partial charge >= 0.3 is 11.9 Å². The van der Waals surface area contributed by atoms with E-state index < -0.39 is 24.0 Å². The highest BCUT2D eigenvalue weighted by atomic mass is 35.5. The number of hydrogen-bond donors (Lipinski definition) is 3. The van der Waals surface area contributed by atoms with Crippen LogP contribution in [0.3, 0.4) is 0 Å². The first-order valence-electron chi connectivity index (χ1n) is 12.4. The van der Waals surface area contributed by atoms with Crippen LogP contribution in [0.1, 0.15) is 44.3 Å². The Morgan fingerprint density at radius 1 is 1.05 bits per heavy atom. The fraction of sp³-hybridized carbons (Fsp3) is 0.172.